The molecule has 11 nitrogen and oxygen atoms in total. The van der Waals surface area contributed by atoms with Crippen LogP contribution in [0, 0.1) is 27.2 Å². The van der Waals surface area contributed by atoms with Crippen molar-refractivity contribution in [1.29, 1.82) is 0 Å². The molecule has 0 unspecified atom stereocenters. The van der Waals surface area contributed by atoms with Crippen molar-refractivity contribution in [2.45, 2.75) is 20.4 Å². The first-order chi connectivity index (χ1) is 14.6. The minimum Gasteiger partial charge on any atom is -0.351 e. The van der Waals surface area contributed by atoms with E-state index in [9.17, 15) is 29.8 Å². The van der Waals surface area contributed by atoms with Crippen LogP contribution < -0.4 is 10.6 Å². The van der Waals surface area contributed by atoms with Crippen LogP contribution in [-0.4, -0.2) is 26.6 Å². The standard InChI is InChI=1S/C18H15N5O6S2/c1-9-16(15-4-3-14(31-15)8-19-10(2)24)20-18(30-9)21-17(25)11-5-12(22(26)27)7-13(6-11)23(28)29/h3-7H,8H2,1-2H3,(H,19,24)(H,20,21,25). The van der Waals surface area contributed by atoms with Crippen molar-refractivity contribution >= 4 is 51.0 Å². The van der Waals surface area contributed by atoms with Crippen molar-refractivity contribution < 1.29 is 19.4 Å². The summed E-state index contributed by atoms with van der Waals surface area (Å²) in [5.74, 6) is -0.879. The van der Waals surface area contributed by atoms with E-state index in [0.717, 1.165) is 32.8 Å². The minimum atomic E-state index is -0.801. The van der Waals surface area contributed by atoms with Crippen LogP contribution in [0.15, 0.2) is 30.3 Å². The smallest absolute Gasteiger partial charge is 0.277 e. The predicted molar refractivity (Wildman–Crippen MR) is 115 cm³/mol. The second-order valence-corrected chi connectivity index (χ2v) is 8.68. The number of rotatable bonds is 7. The van der Waals surface area contributed by atoms with Crippen molar-refractivity contribution in [3.05, 3.63) is 65.9 Å². The van der Waals surface area contributed by atoms with E-state index in [-0.39, 0.29) is 16.6 Å². The number of aromatic nitrogens is 1. The molecule has 160 valence electrons. The zero-order valence-electron chi connectivity index (χ0n) is 16.2. The average Bonchev–Trinajstić information content (AvgIpc) is 3.32. The second-order valence-electron chi connectivity index (χ2n) is 6.31. The van der Waals surface area contributed by atoms with E-state index in [2.05, 4.69) is 15.6 Å². The Balaban J connectivity index is 1.82. The average molecular weight is 461 g/mol. The number of thiazole rings is 1. The maximum atomic E-state index is 12.5. The molecule has 2 heterocycles. The maximum absolute atomic E-state index is 12.5. The van der Waals surface area contributed by atoms with Crippen LogP contribution in [0.4, 0.5) is 16.5 Å². The number of hydrogen-bond acceptors (Lipinski definition) is 9. The predicted octanol–water partition coefficient (Wildman–Crippen LogP) is 3.88. The van der Waals surface area contributed by atoms with Crippen molar-refractivity contribution in [2.75, 3.05) is 5.32 Å². The number of nitrogens with zero attached hydrogens (tertiary/aromatic N) is 3. The Hall–Kier alpha value is -3.71. The maximum Gasteiger partial charge on any atom is 0.277 e. The fourth-order valence-electron chi connectivity index (χ4n) is 2.60. The summed E-state index contributed by atoms with van der Waals surface area (Å²) in [6.45, 7) is 3.66. The summed E-state index contributed by atoms with van der Waals surface area (Å²) in [7, 11) is 0. The topological polar surface area (TPSA) is 157 Å². The molecule has 2 amide bonds. The van der Waals surface area contributed by atoms with E-state index in [4.69, 9.17) is 0 Å². The van der Waals surface area contributed by atoms with E-state index in [1.807, 2.05) is 19.1 Å². The van der Waals surface area contributed by atoms with Gasteiger partial charge in [0.25, 0.3) is 17.3 Å². The van der Waals surface area contributed by atoms with Crippen LogP contribution in [0.5, 0.6) is 0 Å². The Bertz CT molecular complexity index is 1170. The summed E-state index contributed by atoms with van der Waals surface area (Å²) in [5.41, 5.74) is -0.672. The van der Waals surface area contributed by atoms with Crippen molar-refractivity contribution in [2.24, 2.45) is 0 Å². The number of thiophene rings is 1. The Morgan fingerprint density at radius 3 is 2.29 bits per heavy atom. The molecule has 0 aliphatic heterocycles. The van der Waals surface area contributed by atoms with Gasteiger partial charge in [-0.1, -0.05) is 0 Å². The van der Waals surface area contributed by atoms with Gasteiger partial charge in [-0.25, -0.2) is 4.98 Å². The Morgan fingerprint density at radius 1 is 1.06 bits per heavy atom. The number of nitrogens with one attached hydrogen (secondary N) is 2. The Morgan fingerprint density at radius 2 is 1.71 bits per heavy atom. The molecule has 2 aromatic heterocycles. The van der Waals surface area contributed by atoms with Crippen LogP contribution >= 0.6 is 22.7 Å². The molecule has 0 radical (unpaired) electrons. The molecule has 3 rings (SSSR count). The van der Waals surface area contributed by atoms with Gasteiger partial charge in [-0.2, -0.15) is 0 Å². The van der Waals surface area contributed by atoms with Gasteiger partial charge >= 0.3 is 0 Å². The van der Waals surface area contributed by atoms with Gasteiger partial charge in [-0.05, 0) is 19.1 Å². The highest BCUT2D eigenvalue weighted by Gasteiger charge is 2.21. The van der Waals surface area contributed by atoms with Crippen LogP contribution in [-0.2, 0) is 11.3 Å². The van der Waals surface area contributed by atoms with Crippen LogP contribution in [0.3, 0.4) is 0 Å². The SMILES string of the molecule is CC(=O)NCc1ccc(-c2nc(NC(=O)c3cc([N+](=O)[O-])cc([N+](=O)[O-])c3)sc2C)s1. The molecule has 0 atom stereocenters. The van der Waals surface area contributed by atoms with E-state index < -0.39 is 27.1 Å². The highest BCUT2D eigenvalue weighted by atomic mass is 32.1. The third-order valence-electron chi connectivity index (χ3n) is 4.01. The molecule has 0 saturated carbocycles. The third kappa shape index (κ3) is 5.26. The largest absolute Gasteiger partial charge is 0.351 e. The minimum absolute atomic E-state index is 0.133. The molecular weight excluding hydrogens is 446 g/mol. The van der Waals surface area contributed by atoms with Gasteiger partial charge in [0, 0.05) is 28.8 Å². The molecule has 13 heteroatoms. The van der Waals surface area contributed by atoms with Crippen LogP contribution in [0.2, 0.25) is 0 Å². The fraction of sp³-hybridized carbons (Fsp3) is 0.167. The van der Waals surface area contributed by atoms with Gasteiger partial charge < -0.3 is 5.32 Å². The number of nitro benzene ring substituents is 2. The van der Waals surface area contributed by atoms with Crippen LogP contribution in [0.25, 0.3) is 10.6 Å². The zero-order chi connectivity index (χ0) is 22.7. The Kier molecular flexibility index (Phi) is 6.36. The molecule has 31 heavy (non-hydrogen) atoms. The summed E-state index contributed by atoms with van der Waals surface area (Å²) >= 11 is 2.65. The van der Waals surface area contributed by atoms with E-state index >= 15 is 0 Å². The normalized spacial score (nSPS) is 10.5. The number of amides is 2. The van der Waals surface area contributed by atoms with Gasteiger partial charge in [0.15, 0.2) is 5.13 Å². The summed E-state index contributed by atoms with van der Waals surface area (Å²) in [6, 6.07) is 6.46. The number of benzene rings is 1. The highest BCUT2D eigenvalue weighted by Crippen LogP contribution is 2.35. The van der Waals surface area contributed by atoms with Crippen molar-refractivity contribution in [3.63, 3.8) is 0 Å². The molecule has 0 spiro atoms. The van der Waals surface area contributed by atoms with Crippen molar-refractivity contribution in [1.82, 2.24) is 10.3 Å². The number of carbonyl (C=O) groups excluding carboxylic acids is 2. The number of aryl methyl sites for hydroxylation is 1. The van der Waals surface area contributed by atoms with E-state index in [0.29, 0.717) is 12.2 Å². The molecule has 1 aromatic carbocycles. The number of anilines is 1. The monoisotopic (exact) mass is 461 g/mol. The molecule has 0 aliphatic carbocycles. The molecule has 0 fully saturated rings. The number of hydrogen-bond donors (Lipinski definition) is 2. The quantitative estimate of drug-likeness (QED) is 0.399. The number of non-ortho nitro benzene ring substituents is 2. The zero-order valence-corrected chi connectivity index (χ0v) is 17.8. The van der Waals surface area contributed by atoms with Gasteiger partial charge in [-0.3, -0.25) is 35.1 Å². The lowest BCUT2D eigenvalue weighted by molar-refractivity contribution is -0.394. The summed E-state index contributed by atoms with van der Waals surface area (Å²) in [4.78, 5) is 51.1. The highest BCUT2D eigenvalue weighted by molar-refractivity contribution is 7.18. The first-order valence-electron chi connectivity index (χ1n) is 8.70. The second kappa shape index (κ2) is 8.97. The first kappa shape index (κ1) is 22.0. The lowest BCUT2D eigenvalue weighted by atomic mass is 10.1. The molecule has 2 N–H and O–H groups in total. The Labute approximate surface area is 183 Å². The molecular formula is C18H15N5O6S2. The first-order valence-corrected chi connectivity index (χ1v) is 10.3. The summed E-state index contributed by atoms with van der Waals surface area (Å²) in [5, 5.41) is 27.5. The van der Waals surface area contributed by atoms with Gasteiger partial charge in [0.1, 0.15) is 0 Å². The van der Waals surface area contributed by atoms with Gasteiger partial charge in [-0.15, -0.1) is 22.7 Å². The number of nitro groups is 2. The lowest BCUT2D eigenvalue weighted by Gasteiger charge is -2.02. The van der Waals surface area contributed by atoms with Gasteiger partial charge in [0.05, 0.1) is 38.6 Å². The molecule has 0 saturated heterocycles. The summed E-state index contributed by atoms with van der Waals surface area (Å²) in [6.07, 6.45) is 0. The van der Waals surface area contributed by atoms with Crippen LogP contribution in [0.1, 0.15) is 27.0 Å². The van der Waals surface area contributed by atoms with E-state index in [1.54, 1.807) is 0 Å². The van der Waals surface area contributed by atoms with Gasteiger partial charge in [0.2, 0.25) is 5.91 Å². The lowest BCUT2D eigenvalue weighted by Crippen LogP contribution is -2.17. The molecule has 0 bridgehead atoms. The molecule has 3 aromatic rings. The number of carbonyl (C=O) groups is 2. The summed E-state index contributed by atoms with van der Waals surface area (Å²) < 4.78 is 0. The molecule has 0 aliphatic rings. The third-order valence-corrected chi connectivity index (χ3v) is 5.99. The van der Waals surface area contributed by atoms with E-state index in [1.165, 1.54) is 29.6 Å². The fourth-order valence-corrected chi connectivity index (χ4v) is 4.48. The van der Waals surface area contributed by atoms with Crippen molar-refractivity contribution in [3.8, 4) is 10.6 Å².